The fraction of sp³-hybridized carbons (Fsp3) is 0.368. The van der Waals surface area contributed by atoms with Gasteiger partial charge in [-0.1, -0.05) is 18.2 Å². The smallest absolute Gasteiger partial charge is 0.309 e. The van der Waals surface area contributed by atoms with E-state index in [1.807, 2.05) is 0 Å². The Morgan fingerprint density at radius 3 is 2.77 bits per heavy atom. The first kappa shape index (κ1) is 22.2. The SMILES string of the molecule is COc1cccc(CNC(=O)C(=O)NC[C@H]2OCCCN2S(=O)(=O)c2cccs2)c1. The highest BCUT2D eigenvalue weighted by atomic mass is 32.2. The van der Waals surface area contributed by atoms with Gasteiger partial charge in [0.1, 0.15) is 16.2 Å². The summed E-state index contributed by atoms with van der Waals surface area (Å²) in [6.45, 7) is 0.681. The minimum Gasteiger partial charge on any atom is -0.497 e. The second-order valence-corrected chi connectivity index (χ2v) is 9.54. The zero-order valence-corrected chi connectivity index (χ0v) is 18.0. The van der Waals surface area contributed by atoms with E-state index >= 15 is 0 Å². The lowest BCUT2D eigenvalue weighted by Gasteiger charge is -2.34. The molecule has 11 heteroatoms. The summed E-state index contributed by atoms with van der Waals surface area (Å²) in [6, 6.07) is 10.3. The number of ether oxygens (including phenoxy) is 2. The van der Waals surface area contributed by atoms with Crippen LogP contribution in [0.2, 0.25) is 0 Å². The fourth-order valence-electron chi connectivity index (χ4n) is 2.93. The van der Waals surface area contributed by atoms with Gasteiger partial charge >= 0.3 is 11.8 Å². The van der Waals surface area contributed by atoms with E-state index in [0.717, 1.165) is 16.9 Å². The maximum atomic E-state index is 12.8. The molecule has 0 aliphatic carbocycles. The van der Waals surface area contributed by atoms with Crippen molar-refractivity contribution in [3.05, 3.63) is 47.3 Å². The Kier molecular flexibility index (Phi) is 7.43. The van der Waals surface area contributed by atoms with Crippen LogP contribution in [0.15, 0.2) is 46.0 Å². The Bertz CT molecular complexity index is 978. The molecule has 0 bridgehead atoms. The molecule has 2 amide bonds. The van der Waals surface area contributed by atoms with Gasteiger partial charge in [0, 0.05) is 13.1 Å². The van der Waals surface area contributed by atoms with Gasteiger partial charge in [-0.3, -0.25) is 9.59 Å². The average Bonchev–Trinajstić information content (AvgIpc) is 3.32. The molecular weight excluding hydrogens is 430 g/mol. The first-order valence-corrected chi connectivity index (χ1v) is 11.6. The van der Waals surface area contributed by atoms with Crippen LogP contribution in [-0.4, -0.2) is 57.6 Å². The lowest BCUT2D eigenvalue weighted by molar-refractivity contribution is -0.140. The first-order chi connectivity index (χ1) is 14.4. The Labute approximate surface area is 179 Å². The number of thiophene rings is 1. The average molecular weight is 454 g/mol. The highest BCUT2D eigenvalue weighted by molar-refractivity contribution is 7.91. The minimum absolute atomic E-state index is 0.129. The van der Waals surface area contributed by atoms with Gasteiger partial charge in [-0.15, -0.1) is 11.3 Å². The predicted molar refractivity (Wildman–Crippen MR) is 110 cm³/mol. The Hall–Kier alpha value is -2.47. The topological polar surface area (TPSA) is 114 Å². The third-order valence-corrected chi connectivity index (χ3v) is 7.70. The molecule has 1 fully saturated rings. The van der Waals surface area contributed by atoms with Gasteiger partial charge in [0.25, 0.3) is 10.0 Å². The molecule has 1 saturated heterocycles. The molecule has 0 radical (unpaired) electrons. The molecule has 30 heavy (non-hydrogen) atoms. The Balaban J connectivity index is 1.55. The number of methoxy groups -OCH3 is 1. The first-order valence-electron chi connectivity index (χ1n) is 9.27. The maximum Gasteiger partial charge on any atom is 0.309 e. The number of benzene rings is 1. The van der Waals surface area contributed by atoms with Crippen LogP contribution in [0.3, 0.4) is 0 Å². The van der Waals surface area contributed by atoms with E-state index in [1.165, 1.54) is 10.4 Å². The summed E-state index contributed by atoms with van der Waals surface area (Å²) in [4.78, 5) is 24.2. The molecule has 3 rings (SSSR count). The molecule has 2 N–H and O–H groups in total. The molecule has 1 aromatic heterocycles. The number of nitrogens with zero attached hydrogens (tertiary/aromatic N) is 1. The standard InChI is InChI=1S/C19H23N3O6S2/c1-27-15-6-2-5-14(11-15)12-20-18(23)19(24)21-13-16-22(8-4-9-28-16)30(25,26)17-7-3-10-29-17/h2-3,5-7,10-11,16H,4,8-9,12-13H2,1H3,(H,20,23)(H,21,24)/t16-/m1/s1. The van der Waals surface area contributed by atoms with Crippen molar-refractivity contribution in [1.29, 1.82) is 0 Å². The number of carbonyl (C=O) groups excluding carboxylic acids is 2. The van der Waals surface area contributed by atoms with E-state index in [-0.39, 0.29) is 23.8 Å². The molecule has 0 spiro atoms. The van der Waals surface area contributed by atoms with Crippen molar-refractivity contribution in [2.75, 3.05) is 26.8 Å². The fourth-order valence-corrected chi connectivity index (χ4v) is 5.62. The van der Waals surface area contributed by atoms with Gasteiger partial charge in [0.05, 0.1) is 20.3 Å². The highest BCUT2D eigenvalue weighted by Gasteiger charge is 2.35. The summed E-state index contributed by atoms with van der Waals surface area (Å²) in [6.07, 6.45) is -0.322. The zero-order chi connectivity index (χ0) is 21.6. The summed E-state index contributed by atoms with van der Waals surface area (Å²) in [5.41, 5.74) is 0.777. The second kappa shape index (κ2) is 10.0. The molecule has 0 saturated carbocycles. The molecule has 9 nitrogen and oxygen atoms in total. The van der Waals surface area contributed by atoms with Crippen molar-refractivity contribution >= 4 is 33.2 Å². The van der Waals surface area contributed by atoms with Crippen molar-refractivity contribution in [3.63, 3.8) is 0 Å². The van der Waals surface area contributed by atoms with Gasteiger partial charge in [-0.2, -0.15) is 4.31 Å². The number of sulfonamides is 1. The zero-order valence-electron chi connectivity index (χ0n) is 16.4. The largest absolute Gasteiger partial charge is 0.497 e. The van der Waals surface area contributed by atoms with E-state index in [1.54, 1.807) is 42.8 Å². The van der Waals surface area contributed by atoms with Crippen LogP contribution in [0.5, 0.6) is 5.75 Å². The molecular formula is C19H23N3O6S2. The predicted octanol–water partition coefficient (Wildman–Crippen LogP) is 0.926. The number of hydrogen-bond donors (Lipinski definition) is 2. The monoisotopic (exact) mass is 453 g/mol. The van der Waals surface area contributed by atoms with Crippen molar-refractivity contribution in [2.45, 2.75) is 23.4 Å². The van der Waals surface area contributed by atoms with Crippen molar-refractivity contribution < 1.29 is 27.5 Å². The minimum atomic E-state index is -3.73. The Morgan fingerprint density at radius 1 is 1.23 bits per heavy atom. The van der Waals surface area contributed by atoms with E-state index in [2.05, 4.69) is 10.6 Å². The third kappa shape index (κ3) is 5.36. The van der Waals surface area contributed by atoms with Crippen LogP contribution in [0, 0.1) is 0 Å². The van der Waals surface area contributed by atoms with Crippen LogP contribution in [0.25, 0.3) is 0 Å². The van der Waals surface area contributed by atoms with Crippen LogP contribution in [-0.2, 0) is 30.9 Å². The van der Waals surface area contributed by atoms with Crippen molar-refractivity contribution in [1.82, 2.24) is 14.9 Å². The van der Waals surface area contributed by atoms with Crippen LogP contribution in [0.4, 0.5) is 0 Å². The quantitative estimate of drug-likeness (QED) is 0.603. The van der Waals surface area contributed by atoms with Crippen LogP contribution < -0.4 is 15.4 Å². The highest BCUT2D eigenvalue weighted by Crippen LogP contribution is 2.25. The van der Waals surface area contributed by atoms with Crippen molar-refractivity contribution in [3.8, 4) is 5.75 Å². The van der Waals surface area contributed by atoms with Gasteiger partial charge < -0.3 is 20.1 Å². The van der Waals surface area contributed by atoms with E-state index in [4.69, 9.17) is 9.47 Å². The molecule has 1 aliphatic heterocycles. The molecule has 162 valence electrons. The van der Waals surface area contributed by atoms with Crippen LogP contribution >= 0.6 is 11.3 Å². The molecule has 0 unspecified atom stereocenters. The molecule has 2 aromatic rings. The van der Waals surface area contributed by atoms with E-state index in [0.29, 0.717) is 18.8 Å². The second-order valence-electron chi connectivity index (χ2n) is 6.47. The van der Waals surface area contributed by atoms with Gasteiger partial charge in [-0.25, -0.2) is 8.42 Å². The third-order valence-electron chi connectivity index (χ3n) is 4.44. The number of amides is 2. The molecule has 1 aliphatic rings. The molecule has 1 aromatic carbocycles. The lowest BCUT2D eigenvalue weighted by atomic mass is 10.2. The normalized spacial score (nSPS) is 17.3. The number of rotatable bonds is 7. The van der Waals surface area contributed by atoms with Gasteiger partial charge in [0.2, 0.25) is 0 Å². The number of hydrogen-bond acceptors (Lipinski definition) is 7. The van der Waals surface area contributed by atoms with Gasteiger partial charge in [-0.05, 0) is 35.6 Å². The summed E-state index contributed by atoms with van der Waals surface area (Å²) in [7, 11) is -2.18. The van der Waals surface area contributed by atoms with Crippen molar-refractivity contribution in [2.24, 2.45) is 0 Å². The van der Waals surface area contributed by atoms with E-state index < -0.39 is 28.1 Å². The molecule has 1 atom stereocenters. The lowest BCUT2D eigenvalue weighted by Crippen LogP contribution is -2.52. The summed E-state index contributed by atoms with van der Waals surface area (Å²) >= 11 is 1.12. The van der Waals surface area contributed by atoms with Gasteiger partial charge in [0.15, 0.2) is 0 Å². The maximum absolute atomic E-state index is 12.8. The van der Waals surface area contributed by atoms with E-state index in [9.17, 15) is 18.0 Å². The Morgan fingerprint density at radius 2 is 2.03 bits per heavy atom. The summed E-state index contributed by atoms with van der Waals surface area (Å²) < 4.78 is 37.7. The van der Waals surface area contributed by atoms with Crippen LogP contribution in [0.1, 0.15) is 12.0 Å². The number of carbonyl (C=O) groups is 2. The molecule has 2 heterocycles. The number of nitrogens with one attached hydrogen (secondary N) is 2. The summed E-state index contributed by atoms with van der Waals surface area (Å²) in [5.74, 6) is -1.03. The summed E-state index contributed by atoms with van der Waals surface area (Å²) in [5, 5.41) is 6.66.